The Bertz CT molecular complexity index is 379. The molecule has 0 unspecified atom stereocenters. The van der Waals surface area contributed by atoms with E-state index in [2.05, 4.69) is 9.97 Å². The molecule has 2 rings (SSSR count). The number of aliphatic hydroxyl groups is 1. The molecule has 0 radical (unpaired) electrons. The van der Waals surface area contributed by atoms with Crippen LogP contribution in [-0.4, -0.2) is 47.0 Å². The van der Waals surface area contributed by atoms with E-state index >= 15 is 0 Å². The molecule has 0 aromatic carbocycles. The van der Waals surface area contributed by atoms with Crippen molar-refractivity contribution < 1.29 is 13.5 Å². The van der Waals surface area contributed by atoms with E-state index in [0.29, 0.717) is 0 Å². The summed E-state index contributed by atoms with van der Waals surface area (Å²) in [7, 11) is -3.49. The lowest BCUT2D eigenvalue weighted by atomic mass is 10.2. The van der Waals surface area contributed by atoms with Gasteiger partial charge in [0.1, 0.15) is 0 Å². The van der Waals surface area contributed by atoms with Crippen molar-refractivity contribution in [3.05, 3.63) is 12.4 Å². The second kappa shape index (κ2) is 2.79. The van der Waals surface area contributed by atoms with Crippen LogP contribution in [0.5, 0.6) is 0 Å². The van der Waals surface area contributed by atoms with Gasteiger partial charge in [0.05, 0.1) is 6.10 Å². The van der Waals surface area contributed by atoms with E-state index in [0.717, 1.165) is 0 Å². The molecule has 0 amide bonds. The van der Waals surface area contributed by atoms with Crippen LogP contribution in [0.3, 0.4) is 0 Å². The zero-order valence-corrected chi connectivity index (χ0v) is 7.53. The smallest absolute Gasteiger partial charge is 0.276 e. The van der Waals surface area contributed by atoms with Crippen LogP contribution >= 0.6 is 0 Å². The Balaban J connectivity index is 2.23. The lowest BCUT2D eigenvalue weighted by molar-refractivity contribution is 0.0545. The largest absolute Gasteiger partial charge is 0.390 e. The maximum absolute atomic E-state index is 11.5. The number of β-amino-alcohol motifs (C(OH)–C–C–N with tert-alkyl or cyclic N) is 1. The van der Waals surface area contributed by atoms with E-state index in [1.54, 1.807) is 0 Å². The van der Waals surface area contributed by atoms with E-state index in [1.807, 2.05) is 0 Å². The second-order valence-electron chi connectivity index (χ2n) is 2.87. The minimum Gasteiger partial charge on any atom is -0.390 e. The quantitative estimate of drug-likeness (QED) is 0.630. The lowest BCUT2D eigenvalue weighted by Crippen LogP contribution is -2.53. The fourth-order valence-electron chi connectivity index (χ4n) is 1.13. The standard InChI is InChI=1S/C6H9N3O3S/c10-5-3-9(4-5)13(11,12)6-7-1-2-8-6/h1-2,5,10H,3-4H2,(H,7,8). The summed E-state index contributed by atoms with van der Waals surface area (Å²) < 4.78 is 24.3. The van der Waals surface area contributed by atoms with Gasteiger partial charge in [-0.1, -0.05) is 0 Å². The first-order valence-corrected chi connectivity index (χ1v) is 5.22. The molecule has 0 spiro atoms. The number of aromatic nitrogens is 2. The highest BCUT2D eigenvalue weighted by molar-refractivity contribution is 7.89. The molecule has 1 aromatic heterocycles. The fourth-order valence-corrected chi connectivity index (χ4v) is 2.52. The van der Waals surface area contributed by atoms with Crippen LogP contribution in [0.4, 0.5) is 0 Å². The summed E-state index contributed by atoms with van der Waals surface area (Å²) in [6.45, 7) is 0.312. The average molecular weight is 203 g/mol. The minimum atomic E-state index is -3.49. The van der Waals surface area contributed by atoms with Gasteiger partial charge in [-0.05, 0) is 0 Å². The van der Waals surface area contributed by atoms with Crippen molar-refractivity contribution in [3.8, 4) is 0 Å². The Labute approximate surface area is 75.3 Å². The summed E-state index contributed by atoms with van der Waals surface area (Å²) in [5.41, 5.74) is 0. The first-order valence-electron chi connectivity index (χ1n) is 3.78. The first kappa shape index (κ1) is 8.67. The summed E-state index contributed by atoms with van der Waals surface area (Å²) in [5.74, 6) is 0. The number of H-pyrrole nitrogens is 1. The van der Waals surface area contributed by atoms with Crippen LogP contribution in [0, 0.1) is 0 Å². The molecule has 0 atom stereocenters. The SMILES string of the molecule is O=S(=O)(c1ncc[nH]1)N1CC(O)C1. The number of nitrogens with one attached hydrogen (secondary N) is 1. The zero-order valence-electron chi connectivity index (χ0n) is 6.71. The number of aromatic amines is 1. The van der Waals surface area contributed by atoms with Crippen LogP contribution < -0.4 is 0 Å². The molecule has 0 bridgehead atoms. The molecule has 1 fully saturated rings. The lowest BCUT2D eigenvalue weighted by Gasteiger charge is -2.33. The van der Waals surface area contributed by atoms with Gasteiger partial charge in [0, 0.05) is 25.5 Å². The highest BCUT2D eigenvalue weighted by atomic mass is 32.2. The van der Waals surface area contributed by atoms with Gasteiger partial charge in [-0.2, -0.15) is 4.31 Å². The van der Waals surface area contributed by atoms with Crippen LogP contribution in [0.15, 0.2) is 17.6 Å². The average Bonchev–Trinajstić information content (AvgIpc) is 2.50. The molecule has 72 valence electrons. The summed E-state index contributed by atoms with van der Waals surface area (Å²) in [4.78, 5) is 6.17. The molecule has 0 saturated carbocycles. The van der Waals surface area contributed by atoms with Crippen LogP contribution in [-0.2, 0) is 10.0 Å². The van der Waals surface area contributed by atoms with Crippen molar-refractivity contribution in [3.63, 3.8) is 0 Å². The number of rotatable bonds is 2. The molecule has 1 aromatic rings. The van der Waals surface area contributed by atoms with Crippen LogP contribution in [0.25, 0.3) is 0 Å². The third-order valence-electron chi connectivity index (χ3n) is 1.89. The predicted octanol–water partition coefficient (Wildman–Crippen LogP) is -1.23. The first-order chi connectivity index (χ1) is 6.10. The fraction of sp³-hybridized carbons (Fsp3) is 0.500. The van der Waals surface area contributed by atoms with Gasteiger partial charge < -0.3 is 10.1 Å². The molecule has 13 heavy (non-hydrogen) atoms. The third-order valence-corrected chi connectivity index (χ3v) is 3.58. The monoisotopic (exact) mass is 203 g/mol. The Kier molecular flexibility index (Phi) is 1.86. The molecule has 2 N–H and O–H groups in total. The number of sulfonamides is 1. The number of aliphatic hydroxyl groups excluding tert-OH is 1. The van der Waals surface area contributed by atoms with Gasteiger partial charge in [0.2, 0.25) is 5.16 Å². The van der Waals surface area contributed by atoms with Crippen molar-refractivity contribution in [1.29, 1.82) is 0 Å². The zero-order chi connectivity index (χ0) is 9.47. The Hall–Kier alpha value is -0.920. The van der Waals surface area contributed by atoms with Gasteiger partial charge >= 0.3 is 0 Å². The summed E-state index contributed by atoms with van der Waals surface area (Å²) in [6.07, 6.45) is 2.29. The van der Waals surface area contributed by atoms with Gasteiger partial charge in [0.25, 0.3) is 10.0 Å². The number of nitrogens with zero attached hydrogens (tertiary/aromatic N) is 2. The minimum absolute atomic E-state index is 0.0700. The van der Waals surface area contributed by atoms with E-state index in [9.17, 15) is 8.42 Å². The molecule has 1 aliphatic heterocycles. The molecule has 1 aliphatic rings. The molecular weight excluding hydrogens is 194 g/mol. The van der Waals surface area contributed by atoms with Crippen molar-refractivity contribution in [2.24, 2.45) is 0 Å². The Morgan fingerprint density at radius 3 is 2.77 bits per heavy atom. The van der Waals surface area contributed by atoms with E-state index < -0.39 is 16.1 Å². The molecule has 7 heteroatoms. The van der Waals surface area contributed by atoms with E-state index in [1.165, 1.54) is 16.7 Å². The van der Waals surface area contributed by atoms with Crippen molar-refractivity contribution in [1.82, 2.24) is 14.3 Å². The summed E-state index contributed by atoms with van der Waals surface area (Å²) in [5, 5.41) is 8.87. The highest BCUT2D eigenvalue weighted by Crippen LogP contribution is 2.17. The van der Waals surface area contributed by atoms with Gasteiger partial charge in [0.15, 0.2) is 0 Å². The van der Waals surface area contributed by atoms with Crippen molar-refractivity contribution >= 4 is 10.0 Å². The topological polar surface area (TPSA) is 86.3 Å². The number of hydrogen-bond donors (Lipinski definition) is 2. The maximum Gasteiger partial charge on any atom is 0.276 e. The van der Waals surface area contributed by atoms with Crippen LogP contribution in [0.2, 0.25) is 0 Å². The third kappa shape index (κ3) is 1.34. The highest BCUT2D eigenvalue weighted by Gasteiger charge is 2.36. The molecule has 1 saturated heterocycles. The maximum atomic E-state index is 11.5. The number of hydrogen-bond acceptors (Lipinski definition) is 4. The molecule has 2 heterocycles. The van der Waals surface area contributed by atoms with Gasteiger partial charge in [-0.25, -0.2) is 13.4 Å². The molecule has 6 nitrogen and oxygen atoms in total. The normalized spacial score (nSPS) is 20.1. The summed E-state index contributed by atoms with van der Waals surface area (Å²) >= 11 is 0. The Morgan fingerprint density at radius 2 is 2.31 bits per heavy atom. The van der Waals surface area contributed by atoms with Gasteiger partial charge in [-0.3, -0.25) is 0 Å². The number of imidazole rings is 1. The van der Waals surface area contributed by atoms with Crippen molar-refractivity contribution in [2.75, 3.05) is 13.1 Å². The Morgan fingerprint density at radius 1 is 1.62 bits per heavy atom. The van der Waals surface area contributed by atoms with Crippen LogP contribution in [0.1, 0.15) is 0 Å². The second-order valence-corrected chi connectivity index (χ2v) is 4.72. The van der Waals surface area contributed by atoms with Gasteiger partial charge in [-0.15, -0.1) is 0 Å². The summed E-state index contributed by atoms with van der Waals surface area (Å²) in [6, 6.07) is 0. The van der Waals surface area contributed by atoms with E-state index in [-0.39, 0.29) is 18.2 Å². The molecule has 0 aliphatic carbocycles. The predicted molar refractivity (Wildman–Crippen MR) is 43.4 cm³/mol. The van der Waals surface area contributed by atoms with Crippen molar-refractivity contribution in [2.45, 2.75) is 11.3 Å². The van der Waals surface area contributed by atoms with E-state index in [4.69, 9.17) is 5.11 Å². The molecular formula is C6H9N3O3S.